The van der Waals surface area contributed by atoms with Gasteiger partial charge in [0.05, 0.1) is 19.3 Å². The summed E-state index contributed by atoms with van der Waals surface area (Å²) in [6.07, 6.45) is -1.77. The topological polar surface area (TPSA) is 159 Å². The fourth-order valence-corrected chi connectivity index (χ4v) is 2.85. The fraction of sp³-hybridized carbons (Fsp3) is 0.630. The predicted octanol–water partition coefficient (Wildman–Crippen LogP) is 5.07. The maximum Gasteiger partial charge on any atom is 0.513 e. The first-order valence-electron chi connectivity index (χ1n) is 13.1. The van der Waals surface area contributed by atoms with Crippen molar-refractivity contribution in [3.63, 3.8) is 0 Å². The van der Waals surface area contributed by atoms with Crippen LogP contribution in [-0.2, 0) is 34.9 Å². The summed E-state index contributed by atoms with van der Waals surface area (Å²) in [6, 6.07) is 3.24. The van der Waals surface area contributed by atoms with Gasteiger partial charge in [0.15, 0.2) is 11.5 Å². The molecule has 0 unspecified atom stereocenters. The van der Waals surface area contributed by atoms with E-state index < -0.39 is 42.7 Å². The van der Waals surface area contributed by atoms with Crippen molar-refractivity contribution in [1.82, 2.24) is 0 Å². The van der Waals surface area contributed by atoms with Crippen LogP contribution in [0.2, 0.25) is 0 Å². The molecule has 0 aliphatic carbocycles. The molecule has 1 aromatic rings. The zero-order chi connectivity index (χ0) is 29.4. The number of rotatable bonds is 15. The molecule has 0 amide bonds. The summed E-state index contributed by atoms with van der Waals surface area (Å²) in [5.74, 6) is -0.922. The number of hydrogen-bond donors (Lipinski definition) is 1. The number of nitrogens with two attached hydrogens (primary N) is 1. The molecule has 0 aliphatic heterocycles. The van der Waals surface area contributed by atoms with Crippen LogP contribution >= 0.6 is 0 Å². The molecule has 0 aliphatic rings. The fourth-order valence-electron chi connectivity index (χ4n) is 2.85. The molecule has 0 spiro atoms. The smallest absolute Gasteiger partial charge is 0.458 e. The quantitative estimate of drug-likeness (QED) is 0.133. The molecular weight excluding hydrogens is 514 g/mol. The minimum Gasteiger partial charge on any atom is -0.458 e. The number of hydrogen-bond acceptors (Lipinski definition) is 12. The Morgan fingerprint density at radius 3 is 1.82 bits per heavy atom. The van der Waals surface area contributed by atoms with E-state index in [0.717, 1.165) is 12.8 Å². The lowest BCUT2D eigenvalue weighted by Gasteiger charge is -2.22. The van der Waals surface area contributed by atoms with Crippen LogP contribution in [0.25, 0.3) is 0 Å². The second-order valence-corrected chi connectivity index (χ2v) is 9.08. The van der Waals surface area contributed by atoms with Gasteiger partial charge in [0, 0.05) is 0 Å². The maximum absolute atomic E-state index is 12.6. The number of carbonyl (C=O) groups excluding carboxylic acids is 4. The van der Waals surface area contributed by atoms with Crippen LogP contribution in [0.1, 0.15) is 72.8 Å². The number of ether oxygens (including phenoxy) is 7. The third-order valence-electron chi connectivity index (χ3n) is 5.17. The SMILES string of the molecule is CCCCOC(=O)Oc1ccc(C[C@H](N)C(=O)O[C@@H](C)[C@H](C)OC(=O)OC(C)C)cc1OC(=O)OCCCC. The van der Waals surface area contributed by atoms with Gasteiger partial charge in [-0.05, 0) is 64.7 Å². The molecule has 0 aromatic heterocycles. The zero-order valence-corrected chi connectivity index (χ0v) is 23.6. The standard InChI is InChI=1S/C27H41NO11/c1-7-9-13-33-25(30)38-22-12-11-20(16-23(22)39-26(31)34-14-10-8-2)15-21(28)24(29)36-18(5)19(6)37-27(32)35-17(3)4/h11-12,16-19,21H,7-10,13-15,28H2,1-6H3/t18-,19-,21-/m0/s1. The molecule has 0 saturated carbocycles. The third-order valence-corrected chi connectivity index (χ3v) is 5.17. The first kappa shape index (κ1) is 33.5. The Labute approximate surface area is 229 Å². The van der Waals surface area contributed by atoms with Crippen molar-refractivity contribution in [2.24, 2.45) is 5.73 Å². The molecule has 1 rings (SSSR count). The summed E-state index contributed by atoms with van der Waals surface area (Å²) in [6.45, 7) is 10.7. The monoisotopic (exact) mass is 555 g/mol. The van der Waals surface area contributed by atoms with E-state index in [-0.39, 0.29) is 37.2 Å². The lowest BCUT2D eigenvalue weighted by atomic mass is 10.1. The van der Waals surface area contributed by atoms with Gasteiger partial charge in [-0.2, -0.15) is 0 Å². The summed E-state index contributed by atoms with van der Waals surface area (Å²) in [5.41, 5.74) is 6.53. The molecule has 3 atom stereocenters. The summed E-state index contributed by atoms with van der Waals surface area (Å²) >= 11 is 0. The average Bonchev–Trinajstić information content (AvgIpc) is 2.85. The van der Waals surface area contributed by atoms with Crippen LogP contribution in [0.15, 0.2) is 18.2 Å². The van der Waals surface area contributed by atoms with Crippen LogP contribution in [0.3, 0.4) is 0 Å². The normalized spacial score (nSPS) is 13.0. The Bertz CT molecular complexity index is 934. The van der Waals surface area contributed by atoms with Crippen molar-refractivity contribution in [2.45, 2.75) is 98.0 Å². The van der Waals surface area contributed by atoms with Crippen molar-refractivity contribution in [2.75, 3.05) is 13.2 Å². The van der Waals surface area contributed by atoms with Gasteiger partial charge in [0.1, 0.15) is 18.2 Å². The van der Waals surface area contributed by atoms with E-state index in [0.29, 0.717) is 18.4 Å². The zero-order valence-electron chi connectivity index (χ0n) is 23.6. The molecule has 12 nitrogen and oxygen atoms in total. The lowest BCUT2D eigenvalue weighted by molar-refractivity contribution is -0.155. The van der Waals surface area contributed by atoms with E-state index in [1.165, 1.54) is 12.1 Å². The molecule has 0 fully saturated rings. The largest absolute Gasteiger partial charge is 0.513 e. The van der Waals surface area contributed by atoms with Gasteiger partial charge in [-0.15, -0.1) is 0 Å². The van der Waals surface area contributed by atoms with Crippen molar-refractivity contribution in [1.29, 1.82) is 0 Å². The van der Waals surface area contributed by atoms with Crippen LogP contribution in [0.5, 0.6) is 11.5 Å². The van der Waals surface area contributed by atoms with Crippen molar-refractivity contribution in [3.05, 3.63) is 23.8 Å². The van der Waals surface area contributed by atoms with Crippen LogP contribution in [0, 0.1) is 0 Å². The lowest BCUT2D eigenvalue weighted by Crippen LogP contribution is -2.39. The number of unbranched alkanes of at least 4 members (excludes halogenated alkanes) is 2. The Hall–Kier alpha value is -3.54. The van der Waals surface area contributed by atoms with E-state index in [2.05, 4.69) is 0 Å². The molecule has 0 saturated heterocycles. The van der Waals surface area contributed by atoms with Crippen LogP contribution < -0.4 is 15.2 Å². The van der Waals surface area contributed by atoms with Crippen molar-refractivity contribution in [3.8, 4) is 11.5 Å². The Morgan fingerprint density at radius 1 is 0.744 bits per heavy atom. The summed E-state index contributed by atoms with van der Waals surface area (Å²) in [5, 5.41) is 0. The van der Waals surface area contributed by atoms with Crippen molar-refractivity contribution >= 4 is 24.4 Å². The third kappa shape index (κ3) is 13.7. The maximum atomic E-state index is 12.6. The van der Waals surface area contributed by atoms with Gasteiger partial charge in [-0.1, -0.05) is 32.8 Å². The first-order valence-corrected chi connectivity index (χ1v) is 13.1. The highest BCUT2D eigenvalue weighted by atomic mass is 16.8. The predicted molar refractivity (Wildman–Crippen MR) is 140 cm³/mol. The van der Waals surface area contributed by atoms with Gasteiger partial charge < -0.3 is 38.9 Å². The highest BCUT2D eigenvalue weighted by Crippen LogP contribution is 2.30. The van der Waals surface area contributed by atoms with E-state index in [1.54, 1.807) is 33.8 Å². The van der Waals surface area contributed by atoms with Gasteiger partial charge in [0.2, 0.25) is 0 Å². The van der Waals surface area contributed by atoms with Gasteiger partial charge in [-0.3, -0.25) is 4.79 Å². The van der Waals surface area contributed by atoms with E-state index in [9.17, 15) is 19.2 Å². The second kappa shape index (κ2) is 17.9. The van der Waals surface area contributed by atoms with Gasteiger partial charge in [0.25, 0.3) is 0 Å². The summed E-state index contributed by atoms with van der Waals surface area (Å²) in [7, 11) is 0. The Kier molecular flexibility index (Phi) is 15.3. The molecular formula is C27H41NO11. The summed E-state index contributed by atoms with van der Waals surface area (Å²) in [4.78, 5) is 48.4. The molecule has 0 heterocycles. The first-order chi connectivity index (χ1) is 18.5. The molecule has 1 aromatic carbocycles. The van der Waals surface area contributed by atoms with Crippen LogP contribution in [0.4, 0.5) is 14.4 Å². The minimum atomic E-state index is -1.10. The highest BCUT2D eigenvalue weighted by molar-refractivity contribution is 5.76. The van der Waals surface area contributed by atoms with E-state index in [4.69, 9.17) is 38.9 Å². The summed E-state index contributed by atoms with van der Waals surface area (Å²) < 4.78 is 35.8. The second-order valence-electron chi connectivity index (χ2n) is 9.08. The van der Waals surface area contributed by atoms with Crippen LogP contribution in [-0.4, -0.2) is 62.0 Å². The number of esters is 1. The molecule has 39 heavy (non-hydrogen) atoms. The van der Waals surface area contributed by atoms with Crippen molar-refractivity contribution < 1.29 is 52.3 Å². The molecule has 0 bridgehead atoms. The van der Waals surface area contributed by atoms with Gasteiger partial charge >= 0.3 is 24.4 Å². The number of benzene rings is 1. The van der Waals surface area contributed by atoms with E-state index in [1.807, 2.05) is 13.8 Å². The number of carbonyl (C=O) groups is 4. The average molecular weight is 556 g/mol. The molecule has 12 heteroatoms. The van der Waals surface area contributed by atoms with E-state index >= 15 is 0 Å². The Balaban J connectivity index is 2.88. The van der Waals surface area contributed by atoms with Gasteiger partial charge in [-0.25, -0.2) is 14.4 Å². The highest BCUT2D eigenvalue weighted by Gasteiger charge is 2.26. The Morgan fingerprint density at radius 2 is 1.28 bits per heavy atom. The minimum absolute atomic E-state index is 0.00134. The molecule has 0 radical (unpaired) electrons. The molecule has 2 N–H and O–H groups in total. The molecule has 220 valence electrons.